The smallest absolute Gasteiger partial charge is 0.407 e. The van der Waals surface area contributed by atoms with Crippen molar-refractivity contribution in [2.75, 3.05) is 27.4 Å². The van der Waals surface area contributed by atoms with Gasteiger partial charge in [-0.2, -0.15) is 0 Å². The van der Waals surface area contributed by atoms with E-state index in [0.29, 0.717) is 17.1 Å². The minimum Gasteiger partial charge on any atom is -0.497 e. The highest BCUT2D eigenvalue weighted by Crippen LogP contribution is 2.41. The van der Waals surface area contributed by atoms with E-state index in [-0.39, 0.29) is 33.0 Å². The molecule has 0 bridgehead atoms. The molecule has 15 nitrogen and oxygen atoms in total. The molecule has 0 aliphatic carbocycles. The first-order chi connectivity index (χ1) is 36.9. The number of nitrogens with one attached hydrogen (secondary N) is 1. The summed E-state index contributed by atoms with van der Waals surface area (Å²) in [5, 5.41) is 4.95. The molecule has 7 aromatic rings. The van der Waals surface area contributed by atoms with Crippen LogP contribution in [0.3, 0.4) is 0 Å². The Labute approximate surface area is 435 Å². The van der Waals surface area contributed by atoms with E-state index in [2.05, 4.69) is 5.32 Å². The molecule has 0 saturated carbocycles. The Balaban J connectivity index is 1.03. The molecule has 3 aliphatic heterocycles. The molecule has 10 rings (SSSR count). The van der Waals surface area contributed by atoms with Gasteiger partial charge in [-0.3, -0.25) is 0 Å². The van der Waals surface area contributed by atoms with Crippen LogP contribution in [0, 0.1) is 0 Å². The zero-order chi connectivity index (χ0) is 51.3. The maximum absolute atomic E-state index is 14.5. The van der Waals surface area contributed by atoms with Crippen molar-refractivity contribution < 1.29 is 66.4 Å². The highest BCUT2D eigenvalue weighted by atomic mass is 16.8. The van der Waals surface area contributed by atoms with E-state index >= 15 is 0 Å². The zero-order valence-corrected chi connectivity index (χ0v) is 41.5. The zero-order valence-electron chi connectivity index (χ0n) is 41.5. The minimum atomic E-state index is -1.40. The Bertz CT molecular complexity index is 2890. The molecule has 15 heteroatoms. The second-order valence-corrected chi connectivity index (χ2v) is 18.2. The fourth-order valence-electron chi connectivity index (χ4n) is 9.55. The average molecular weight is 1020 g/mol. The summed E-state index contributed by atoms with van der Waals surface area (Å²) in [5.41, 5.74) is 3.60. The van der Waals surface area contributed by atoms with E-state index in [4.69, 9.17) is 56.8 Å². The molecule has 388 valence electrons. The van der Waals surface area contributed by atoms with Gasteiger partial charge >= 0.3 is 12.1 Å². The molecule has 3 aliphatic rings. The molecule has 0 aromatic heterocycles. The van der Waals surface area contributed by atoms with E-state index < -0.39 is 79.7 Å². The minimum absolute atomic E-state index is 0.00547. The number of rotatable bonds is 19. The van der Waals surface area contributed by atoms with Crippen molar-refractivity contribution in [3.63, 3.8) is 0 Å². The number of carbonyl (C=O) groups is 2. The largest absolute Gasteiger partial charge is 0.497 e. The van der Waals surface area contributed by atoms with Crippen molar-refractivity contribution in [3.8, 4) is 11.5 Å². The summed E-state index contributed by atoms with van der Waals surface area (Å²) in [7, 11) is 3.06. The molecule has 11 atom stereocenters. The number of esters is 1. The van der Waals surface area contributed by atoms with Crippen LogP contribution in [0.4, 0.5) is 4.79 Å². The number of ether oxygens (including phenoxy) is 12. The van der Waals surface area contributed by atoms with Crippen LogP contribution in [0.15, 0.2) is 188 Å². The summed E-state index contributed by atoms with van der Waals surface area (Å²) in [6.07, 6.45) is -11.3. The second kappa shape index (κ2) is 24.9. The maximum Gasteiger partial charge on any atom is 0.407 e. The van der Waals surface area contributed by atoms with E-state index in [9.17, 15) is 9.59 Å². The van der Waals surface area contributed by atoms with Gasteiger partial charge in [-0.1, -0.05) is 152 Å². The lowest BCUT2D eigenvalue weighted by molar-refractivity contribution is -0.385. The molecule has 1 N–H and O–H groups in total. The number of fused-ring (bicyclic) bond motifs is 2. The number of benzene rings is 7. The monoisotopic (exact) mass is 1020 g/mol. The molecule has 1 unspecified atom stereocenters. The van der Waals surface area contributed by atoms with E-state index in [0.717, 1.165) is 33.0 Å². The summed E-state index contributed by atoms with van der Waals surface area (Å²) in [5.74, 6) is 0.501. The Morgan fingerprint density at radius 3 is 1.84 bits per heavy atom. The lowest BCUT2D eigenvalue weighted by Gasteiger charge is -2.51. The molecule has 1 amide bonds. The highest BCUT2D eigenvalue weighted by molar-refractivity contribution is 5.89. The van der Waals surface area contributed by atoms with Gasteiger partial charge in [-0.05, 0) is 63.9 Å². The molecule has 0 radical (unpaired) electrons. The Kier molecular flexibility index (Phi) is 17.0. The van der Waals surface area contributed by atoms with Gasteiger partial charge in [0.2, 0.25) is 0 Å². The van der Waals surface area contributed by atoms with E-state index in [1.807, 2.05) is 140 Å². The van der Waals surface area contributed by atoms with Crippen LogP contribution in [-0.4, -0.2) is 101 Å². The molecule has 3 saturated heterocycles. The van der Waals surface area contributed by atoms with Gasteiger partial charge in [0.1, 0.15) is 67.4 Å². The lowest BCUT2D eigenvalue weighted by atomic mass is 9.94. The van der Waals surface area contributed by atoms with Crippen LogP contribution >= 0.6 is 0 Å². The van der Waals surface area contributed by atoms with Crippen LogP contribution in [-0.2, 0) is 67.2 Å². The van der Waals surface area contributed by atoms with Crippen molar-refractivity contribution in [1.29, 1.82) is 0 Å². The van der Waals surface area contributed by atoms with Crippen molar-refractivity contribution in [1.82, 2.24) is 5.32 Å². The van der Waals surface area contributed by atoms with Crippen molar-refractivity contribution >= 4 is 22.8 Å². The average Bonchev–Trinajstić information content (AvgIpc) is 3.47. The number of alkyl carbamates (subject to hydrolysis) is 1. The Morgan fingerprint density at radius 2 is 1.17 bits per heavy atom. The van der Waals surface area contributed by atoms with Crippen molar-refractivity contribution in [3.05, 3.63) is 216 Å². The number of methoxy groups -OCH3 is 2. The lowest BCUT2D eigenvalue weighted by Crippen LogP contribution is -2.69. The first-order valence-corrected chi connectivity index (χ1v) is 25.0. The molecule has 7 aromatic carbocycles. The van der Waals surface area contributed by atoms with Crippen LogP contribution < -0.4 is 14.8 Å². The third-order valence-corrected chi connectivity index (χ3v) is 13.3. The molecule has 3 fully saturated rings. The van der Waals surface area contributed by atoms with Gasteiger partial charge in [-0.25, -0.2) is 9.59 Å². The predicted octanol–water partition coefficient (Wildman–Crippen LogP) is 9.51. The fraction of sp³-hybridized carbons (Fsp3) is 0.300. The van der Waals surface area contributed by atoms with Gasteiger partial charge in [0.05, 0.1) is 32.5 Å². The molecular formula is C60H59NO14. The van der Waals surface area contributed by atoms with Crippen LogP contribution in [0.5, 0.6) is 11.5 Å². The normalized spacial score (nSPS) is 25.3. The Morgan fingerprint density at radius 1 is 0.573 bits per heavy atom. The maximum atomic E-state index is 14.5. The van der Waals surface area contributed by atoms with Gasteiger partial charge < -0.3 is 62.2 Å². The van der Waals surface area contributed by atoms with E-state index in [1.54, 1.807) is 55.6 Å². The summed E-state index contributed by atoms with van der Waals surface area (Å²) >= 11 is 0. The number of hydrogen-bond acceptors (Lipinski definition) is 14. The van der Waals surface area contributed by atoms with Gasteiger partial charge in [0.15, 0.2) is 25.0 Å². The predicted molar refractivity (Wildman–Crippen MR) is 274 cm³/mol. The third kappa shape index (κ3) is 12.7. The summed E-state index contributed by atoms with van der Waals surface area (Å²) in [6, 6.07) is 57.2. The second-order valence-electron chi connectivity index (χ2n) is 18.2. The van der Waals surface area contributed by atoms with Crippen LogP contribution in [0.25, 0.3) is 10.8 Å². The van der Waals surface area contributed by atoms with Gasteiger partial charge in [-0.15, -0.1) is 0 Å². The highest BCUT2D eigenvalue weighted by Gasteiger charge is 2.57. The molecule has 0 spiro atoms. The van der Waals surface area contributed by atoms with Crippen LogP contribution in [0.1, 0.15) is 38.9 Å². The van der Waals surface area contributed by atoms with Crippen molar-refractivity contribution in [2.45, 2.75) is 87.5 Å². The first kappa shape index (κ1) is 51.3. The topological polar surface area (TPSA) is 157 Å². The van der Waals surface area contributed by atoms with E-state index in [1.165, 1.54) is 7.11 Å². The number of hydrogen-bond donors (Lipinski definition) is 1. The Hall–Kier alpha value is -7.18. The summed E-state index contributed by atoms with van der Waals surface area (Å²) in [4.78, 5) is 28.4. The summed E-state index contributed by atoms with van der Waals surface area (Å²) in [6.45, 7) is 0.130. The standard InChI is InChI=1S/C60H59NO14/c1-64-44-30-32-45(33-31-44)66-37-48-51(53(67-34-39-18-7-3-8-19-39)50(58(65-2)71-48)61-60(63)70-36-41-22-11-5-12-23-41)75-59-55(73-56(62)43-25-13-6-14-26-43)54(68-35-40-20-9-4-10-21-40)52-49(72-59)38-69-57(74-52)47-29-17-27-42-24-15-16-28-46(42)47/h3-33,48-55,57-59H,34-38H2,1-2H3,(H,61,63)/t48-,49+,50-,51-,52-,53-,54+,55-,57?,58+,59+/m1/s1. The SMILES string of the molecule is COc1ccc(OC[C@H]2O[C@H](OC)[C@H](NC(=O)OCc3ccccc3)[C@@H](OCc3ccccc3)[C@@H]2O[C@@H]2O[C@H]3COC(c4cccc5ccccc45)O[C@H]3[C@H](OCc3ccccc3)[C@H]2OC(=O)c2ccccc2)cc1. The summed E-state index contributed by atoms with van der Waals surface area (Å²) < 4.78 is 78.4. The molecular weight excluding hydrogens is 959 g/mol. The first-order valence-electron chi connectivity index (χ1n) is 25.0. The molecule has 75 heavy (non-hydrogen) atoms. The van der Waals surface area contributed by atoms with Gasteiger partial charge in [0.25, 0.3) is 0 Å². The quantitative estimate of drug-likeness (QED) is 0.0764. The van der Waals surface area contributed by atoms with Gasteiger partial charge in [0, 0.05) is 12.7 Å². The van der Waals surface area contributed by atoms with Crippen LogP contribution in [0.2, 0.25) is 0 Å². The third-order valence-electron chi connectivity index (χ3n) is 13.3. The number of amides is 1. The van der Waals surface area contributed by atoms with Crippen molar-refractivity contribution in [2.24, 2.45) is 0 Å². The number of carbonyl (C=O) groups excluding carboxylic acids is 2. The fourth-order valence-corrected chi connectivity index (χ4v) is 9.55. The molecule has 3 heterocycles.